The number of nitrogens with one attached hydrogen (secondary N) is 2. The number of carbonyl (C=O) groups is 2. The molecule has 1 aliphatic rings. The van der Waals surface area contributed by atoms with E-state index in [1.807, 2.05) is 37.3 Å². The fraction of sp³-hybridized carbons (Fsp3) is 0.250. The van der Waals surface area contributed by atoms with Crippen molar-refractivity contribution < 1.29 is 19.1 Å². The molecule has 3 aromatic carbocycles. The summed E-state index contributed by atoms with van der Waals surface area (Å²) < 4.78 is 10.9. The van der Waals surface area contributed by atoms with E-state index in [4.69, 9.17) is 9.47 Å². The van der Waals surface area contributed by atoms with Crippen molar-refractivity contribution in [2.75, 3.05) is 37.9 Å². The minimum Gasteiger partial charge on any atom is -0.493 e. The molecule has 0 atom stereocenters. The summed E-state index contributed by atoms with van der Waals surface area (Å²) in [4.78, 5) is 36.2. The maximum Gasteiger partial charge on any atom is 0.275 e. The molecule has 2 heterocycles. The van der Waals surface area contributed by atoms with Gasteiger partial charge in [0.05, 0.1) is 31.7 Å². The first-order valence-corrected chi connectivity index (χ1v) is 13.5. The fourth-order valence-corrected chi connectivity index (χ4v) is 4.94. The van der Waals surface area contributed by atoms with Crippen LogP contribution in [0.5, 0.6) is 11.5 Å². The lowest BCUT2D eigenvalue weighted by Crippen LogP contribution is -2.32. The zero-order chi connectivity index (χ0) is 28.8. The summed E-state index contributed by atoms with van der Waals surface area (Å²) in [6.07, 6.45) is 6.19. The fourth-order valence-electron chi connectivity index (χ4n) is 4.94. The standard InChI is InChI=1S/C32H33N5O4/c1-21-4-9-26(27(16-21)36-32(39)28-19-33-12-13-34-28)31(38)35-25-7-5-22(6-8-25)10-14-37-15-11-23-17-29(40-2)30(41-3)18-24(23)20-37/h4-9,12-13,16-19H,10-11,14-15,20H2,1-3H3,(H,35,38)(H,36,39). The summed E-state index contributed by atoms with van der Waals surface area (Å²) in [5.74, 6) is 0.790. The van der Waals surface area contributed by atoms with Gasteiger partial charge in [-0.05, 0) is 78.4 Å². The number of benzene rings is 3. The molecule has 0 aliphatic carbocycles. The van der Waals surface area contributed by atoms with E-state index in [9.17, 15) is 9.59 Å². The third-order valence-electron chi connectivity index (χ3n) is 7.19. The molecule has 4 aromatic rings. The van der Waals surface area contributed by atoms with Crippen molar-refractivity contribution in [2.45, 2.75) is 26.3 Å². The SMILES string of the molecule is COc1cc2c(cc1OC)CN(CCc1ccc(NC(=O)c3ccc(C)cc3NC(=O)c3cnccn3)cc1)CC2. The average Bonchev–Trinajstić information content (AvgIpc) is 3.00. The van der Waals surface area contributed by atoms with E-state index in [-0.39, 0.29) is 11.6 Å². The lowest BCUT2D eigenvalue weighted by atomic mass is 9.98. The normalized spacial score (nSPS) is 12.8. The van der Waals surface area contributed by atoms with Crippen LogP contribution in [0.25, 0.3) is 0 Å². The van der Waals surface area contributed by atoms with E-state index in [1.54, 1.807) is 26.4 Å². The lowest BCUT2D eigenvalue weighted by Gasteiger charge is -2.29. The number of rotatable bonds is 9. The van der Waals surface area contributed by atoms with Crippen LogP contribution in [0.4, 0.5) is 11.4 Å². The predicted molar refractivity (Wildman–Crippen MR) is 158 cm³/mol. The van der Waals surface area contributed by atoms with Gasteiger partial charge in [-0.2, -0.15) is 0 Å². The average molecular weight is 552 g/mol. The number of nitrogens with zero attached hydrogens (tertiary/aromatic N) is 3. The van der Waals surface area contributed by atoms with Crippen LogP contribution in [0.1, 0.15) is 43.1 Å². The molecule has 0 fully saturated rings. The van der Waals surface area contributed by atoms with Crippen molar-refractivity contribution in [3.63, 3.8) is 0 Å². The summed E-state index contributed by atoms with van der Waals surface area (Å²) >= 11 is 0. The highest BCUT2D eigenvalue weighted by atomic mass is 16.5. The number of anilines is 2. The van der Waals surface area contributed by atoms with Crippen molar-refractivity contribution >= 4 is 23.2 Å². The second-order valence-electron chi connectivity index (χ2n) is 10.00. The van der Waals surface area contributed by atoms with Gasteiger partial charge in [0, 0.05) is 37.7 Å². The molecule has 0 saturated heterocycles. The van der Waals surface area contributed by atoms with Crippen LogP contribution in [0.2, 0.25) is 0 Å². The summed E-state index contributed by atoms with van der Waals surface area (Å²) in [7, 11) is 3.33. The van der Waals surface area contributed by atoms with Crippen molar-refractivity contribution in [2.24, 2.45) is 0 Å². The van der Waals surface area contributed by atoms with E-state index in [0.717, 1.165) is 49.5 Å². The summed E-state index contributed by atoms with van der Waals surface area (Å²) in [6, 6.07) is 17.3. The van der Waals surface area contributed by atoms with Gasteiger partial charge in [-0.25, -0.2) is 4.98 Å². The van der Waals surface area contributed by atoms with Crippen molar-refractivity contribution in [1.29, 1.82) is 0 Å². The van der Waals surface area contributed by atoms with Crippen molar-refractivity contribution in [3.8, 4) is 11.5 Å². The van der Waals surface area contributed by atoms with Gasteiger partial charge < -0.3 is 20.1 Å². The molecule has 0 radical (unpaired) electrons. The number of fused-ring (bicyclic) bond motifs is 1. The highest BCUT2D eigenvalue weighted by Crippen LogP contribution is 2.33. The van der Waals surface area contributed by atoms with Gasteiger partial charge in [-0.15, -0.1) is 0 Å². The quantitative estimate of drug-likeness (QED) is 0.305. The second kappa shape index (κ2) is 12.6. The molecule has 2 N–H and O–H groups in total. The van der Waals surface area contributed by atoms with Gasteiger partial charge >= 0.3 is 0 Å². The zero-order valence-electron chi connectivity index (χ0n) is 23.4. The number of aryl methyl sites for hydroxylation is 1. The minimum absolute atomic E-state index is 0.171. The number of methoxy groups -OCH3 is 2. The number of hydrogen-bond acceptors (Lipinski definition) is 7. The van der Waals surface area contributed by atoms with Crippen LogP contribution in [-0.2, 0) is 19.4 Å². The van der Waals surface area contributed by atoms with Crippen LogP contribution in [-0.4, -0.2) is 54.0 Å². The molecular formula is C32H33N5O4. The maximum atomic E-state index is 13.2. The Morgan fingerprint density at radius 2 is 1.66 bits per heavy atom. The maximum absolute atomic E-state index is 13.2. The Balaban J connectivity index is 1.19. The van der Waals surface area contributed by atoms with Crippen LogP contribution < -0.4 is 20.1 Å². The van der Waals surface area contributed by atoms with Crippen LogP contribution in [0.3, 0.4) is 0 Å². The Morgan fingerprint density at radius 1 is 0.902 bits per heavy atom. The molecule has 0 saturated carbocycles. The lowest BCUT2D eigenvalue weighted by molar-refractivity contribution is 0.102. The number of aromatic nitrogens is 2. The van der Waals surface area contributed by atoms with Gasteiger partial charge in [0.25, 0.3) is 11.8 Å². The minimum atomic E-state index is -0.432. The van der Waals surface area contributed by atoms with Gasteiger partial charge in [0.2, 0.25) is 0 Å². The molecule has 41 heavy (non-hydrogen) atoms. The third-order valence-corrected chi connectivity index (χ3v) is 7.19. The predicted octanol–water partition coefficient (Wildman–Crippen LogP) is 4.91. The summed E-state index contributed by atoms with van der Waals surface area (Å²) in [6.45, 7) is 4.69. The molecule has 1 aliphatic heterocycles. The highest BCUT2D eigenvalue weighted by molar-refractivity contribution is 6.12. The first-order chi connectivity index (χ1) is 19.9. The van der Waals surface area contributed by atoms with Gasteiger partial charge in [-0.3, -0.25) is 19.5 Å². The number of carbonyl (C=O) groups excluding carboxylic acids is 2. The number of ether oxygens (including phenoxy) is 2. The molecule has 210 valence electrons. The number of hydrogen-bond donors (Lipinski definition) is 2. The monoisotopic (exact) mass is 551 g/mol. The van der Waals surface area contributed by atoms with Crippen LogP contribution >= 0.6 is 0 Å². The Labute approximate surface area is 239 Å². The number of amides is 2. The van der Waals surface area contributed by atoms with E-state index in [0.29, 0.717) is 16.9 Å². The van der Waals surface area contributed by atoms with Gasteiger partial charge in [0.1, 0.15) is 5.69 Å². The van der Waals surface area contributed by atoms with Crippen molar-refractivity contribution in [1.82, 2.24) is 14.9 Å². The summed E-state index contributed by atoms with van der Waals surface area (Å²) in [5, 5.41) is 5.73. The molecule has 9 heteroatoms. The molecule has 0 spiro atoms. The Kier molecular flexibility index (Phi) is 8.55. The first-order valence-electron chi connectivity index (χ1n) is 13.5. The molecule has 0 bridgehead atoms. The summed E-state index contributed by atoms with van der Waals surface area (Å²) in [5.41, 5.74) is 6.30. The topological polar surface area (TPSA) is 106 Å². The Morgan fingerprint density at radius 3 is 2.37 bits per heavy atom. The molecule has 0 unspecified atom stereocenters. The Bertz CT molecular complexity index is 1540. The van der Waals surface area contributed by atoms with E-state index in [2.05, 4.69) is 37.6 Å². The van der Waals surface area contributed by atoms with Gasteiger partial charge in [-0.1, -0.05) is 18.2 Å². The molecule has 5 rings (SSSR count). The van der Waals surface area contributed by atoms with Gasteiger partial charge in [0.15, 0.2) is 11.5 Å². The van der Waals surface area contributed by atoms with E-state index >= 15 is 0 Å². The molecule has 1 aromatic heterocycles. The Hall–Kier alpha value is -4.76. The zero-order valence-corrected chi connectivity index (χ0v) is 23.4. The van der Waals surface area contributed by atoms with E-state index in [1.165, 1.54) is 35.3 Å². The highest BCUT2D eigenvalue weighted by Gasteiger charge is 2.20. The van der Waals surface area contributed by atoms with Crippen LogP contribution in [0, 0.1) is 6.92 Å². The van der Waals surface area contributed by atoms with Crippen molar-refractivity contribution in [3.05, 3.63) is 107 Å². The smallest absolute Gasteiger partial charge is 0.275 e. The molecular weight excluding hydrogens is 518 g/mol. The van der Waals surface area contributed by atoms with E-state index < -0.39 is 5.91 Å². The van der Waals surface area contributed by atoms with Crippen LogP contribution in [0.15, 0.2) is 73.2 Å². The second-order valence-corrected chi connectivity index (χ2v) is 10.00. The first kappa shape index (κ1) is 27.8. The molecule has 9 nitrogen and oxygen atoms in total. The third kappa shape index (κ3) is 6.70. The molecule has 2 amide bonds. The largest absolute Gasteiger partial charge is 0.493 e.